The van der Waals surface area contributed by atoms with E-state index in [0.29, 0.717) is 0 Å². The summed E-state index contributed by atoms with van der Waals surface area (Å²) >= 11 is 0. The number of rotatable bonds is 8. The third kappa shape index (κ3) is 5.34. The van der Waals surface area contributed by atoms with Crippen molar-refractivity contribution in [3.8, 4) is 0 Å². The van der Waals surface area contributed by atoms with Crippen molar-refractivity contribution in [2.24, 2.45) is 0 Å². The van der Waals surface area contributed by atoms with Crippen LogP contribution in [0.5, 0.6) is 0 Å². The van der Waals surface area contributed by atoms with E-state index < -0.39 is 23.5 Å². The van der Waals surface area contributed by atoms with Crippen LogP contribution in [0.25, 0.3) is 0 Å². The first-order valence-corrected chi connectivity index (χ1v) is 9.54. The summed E-state index contributed by atoms with van der Waals surface area (Å²) < 4.78 is 32.7. The zero-order valence-corrected chi connectivity index (χ0v) is 16.9. The van der Waals surface area contributed by atoms with Crippen LogP contribution in [0.2, 0.25) is 0 Å². The zero-order valence-electron chi connectivity index (χ0n) is 16.9. The van der Waals surface area contributed by atoms with Gasteiger partial charge in [0.25, 0.3) is 11.6 Å². The van der Waals surface area contributed by atoms with E-state index >= 15 is 0 Å². The van der Waals surface area contributed by atoms with Gasteiger partial charge in [-0.15, -0.1) is 0 Å². The molecular formula is C20H26O10. The molecule has 0 saturated carbocycles. The van der Waals surface area contributed by atoms with Crippen molar-refractivity contribution < 1.29 is 48.2 Å². The lowest BCUT2D eigenvalue weighted by molar-refractivity contribution is -0.285. The highest BCUT2D eigenvalue weighted by Gasteiger charge is 2.41. The number of carboxylic acid groups (broad SMARTS) is 2. The Hall–Kier alpha value is -2.08. The number of benzene rings is 1. The molecule has 0 amide bonds. The summed E-state index contributed by atoms with van der Waals surface area (Å²) in [6.07, 6.45) is -0.777. The predicted octanol–water partition coefficient (Wildman–Crippen LogP) is 1.15. The minimum absolute atomic E-state index is 0.112. The monoisotopic (exact) mass is 426 g/mol. The molecule has 0 atom stereocenters. The SMILES string of the molecule is CC1(C(=O)O)OCC(OCc2ccccc2COC2COC(C)(C(=O)O)OC2)CO1. The summed E-state index contributed by atoms with van der Waals surface area (Å²) in [6.45, 7) is 3.71. The van der Waals surface area contributed by atoms with Gasteiger partial charge in [-0.1, -0.05) is 24.3 Å². The largest absolute Gasteiger partial charge is 0.477 e. The second-order valence-corrected chi connectivity index (χ2v) is 7.38. The molecule has 0 aliphatic carbocycles. The van der Waals surface area contributed by atoms with Crippen LogP contribution in [0, 0.1) is 0 Å². The van der Waals surface area contributed by atoms with Crippen LogP contribution >= 0.6 is 0 Å². The molecule has 10 heteroatoms. The van der Waals surface area contributed by atoms with Crippen LogP contribution in [-0.2, 0) is 51.2 Å². The first-order chi connectivity index (χ1) is 14.2. The minimum Gasteiger partial charge on any atom is -0.477 e. The Morgan fingerprint density at radius 2 is 1.17 bits per heavy atom. The molecule has 10 nitrogen and oxygen atoms in total. The van der Waals surface area contributed by atoms with Crippen molar-refractivity contribution >= 4 is 11.9 Å². The molecule has 0 unspecified atom stereocenters. The maximum Gasteiger partial charge on any atom is 0.364 e. The highest BCUT2D eigenvalue weighted by atomic mass is 16.7. The fourth-order valence-electron chi connectivity index (χ4n) is 2.88. The lowest BCUT2D eigenvalue weighted by Gasteiger charge is -2.34. The Morgan fingerprint density at radius 1 is 0.833 bits per heavy atom. The normalized spacial score (nSPS) is 31.9. The van der Waals surface area contributed by atoms with Gasteiger partial charge in [0.2, 0.25) is 0 Å². The highest BCUT2D eigenvalue weighted by Crippen LogP contribution is 2.23. The molecule has 2 saturated heterocycles. The van der Waals surface area contributed by atoms with Gasteiger partial charge in [-0.05, 0) is 11.1 Å². The molecule has 30 heavy (non-hydrogen) atoms. The number of aliphatic carboxylic acids is 2. The molecule has 2 N–H and O–H groups in total. The topological polar surface area (TPSA) is 130 Å². The number of carboxylic acids is 2. The number of ether oxygens (including phenoxy) is 6. The van der Waals surface area contributed by atoms with E-state index in [1.54, 1.807) is 0 Å². The third-order valence-electron chi connectivity index (χ3n) is 5.02. The summed E-state index contributed by atoms with van der Waals surface area (Å²) in [5, 5.41) is 18.2. The highest BCUT2D eigenvalue weighted by molar-refractivity contribution is 5.75. The van der Waals surface area contributed by atoms with Crippen molar-refractivity contribution in [1.82, 2.24) is 0 Å². The van der Waals surface area contributed by atoms with Gasteiger partial charge < -0.3 is 38.6 Å². The molecule has 1 aromatic carbocycles. The van der Waals surface area contributed by atoms with Gasteiger partial charge in [-0.25, -0.2) is 9.59 Å². The lowest BCUT2D eigenvalue weighted by atomic mass is 10.1. The van der Waals surface area contributed by atoms with Crippen LogP contribution < -0.4 is 0 Å². The predicted molar refractivity (Wildman–Crippen MR) is 99.5 cm³/mol. The van der Waals surface area contributed by atoms with E-state index in [1.807, 2.05) is 24.3 Å². The third-order valence-corrected chi connectivity index (χ3v) is 5.02. The average Bonchev–Trinajstić information content (AvgIpc) is 2.73. The van der Waals surface area contributed by atoms with Gasteiger partial charge in [0.1, 0.15) is 12.2 Å². The second kappa shape index (κ2) is 9.38. The quantitative estimate of drug-likeness (QED) is 0.624. The van der Waals surface area contributed by atoms with E-state index in [9.17, 15) is 9.59 Å². The first-order valence-electron chi connectivity index (χ1n) is 9.54. The minimum atomic E-state index is -1.65. The Bertz CT molecular complexity index is 685. The number of hydrogen-bond acceptors (Lipinski definition) is 8. The first kappa shape index (κ1) is 22.6. The van der Waals surface area contributed by atoms with Crippen LogP contribution in [0.1, 0.15) is 25.0 Å². The van der Waals surface area contributed by atoms with Gasteiger partial charge in [-0.2, -0.15) is 0 Å². The molecule has 0 aromatic heterocycles. The summed E-state index contributed by atoms with van der Waals surface area (Å²) in [5.74, 6) is -5.65. The molecule has 2 aliphatic heterocycles. The molecule has 3 rings (SSSR count). The number of hydrogen-bond donors (Lipinski definition) is 2. The molecule has 0 bridgehead atoms. The molecule has 166 valence electrons. The number of carbonyl (C=O) groups is 2. The van der Waals surface area contributed by atoms with E-state index in [0.717, 1.165) is 11.1 Å². The molecule has 0 spiro atoms. The smallest absolute Gasteiger partial charge is 0.364 e. The fourth-order valence-corrected chi connectivity index (χ4v) is 2.88. The molecule has 2 fully saturated rings. The zero-order chi connectivity index (χ0) is 21.8. The van der Waals surface area contributed by atoms with Crippen LogP contribution in [0.4, 0.5) is 0 Å². The van der Waals surface area contributed by atoms with Crippen molar-refractivity contribution in [2.45, 2.75) is 50.8 Å². The van der Waals surface area contributed by atoms with Crippen molar-refractivity contribution in [3.63, 3.8) is 0 Å². The van der Waals surface area contributed by atoms with E-state index in [1.165, 1.54) is 13.8 Å². The maximum atomic E-state index is 11.1. The Morgan fingerprint density at radius 3 is 1.47 bits per heavy atom. The van der Waals surface area contributed by atoms with E-state index in [2.05, 4.69) is 0 Å². The van der Waals surface area contributed by atoms with Gasteiger partial charge in [0, 0.05) is 13.8 Å². The van der Waals surface area contributed by atoms with Crippen LogP contribution in [0.15, 0.2) is 24.3 Å². The fraction of sp³-hybridized carbons (Fsp3) is 0.600. The van der Waals surface area contributed by atoms with Crippen molar-refractivity contribution in [3.05, 3.63) is 35.4 Å². The second-order valence-electron chi connectivity index (χ2n) is 7.38. The molecule has 2 heterocycles. The van der Waals surface area contributed by atoms with E-state index in [4.69, 9.17) is 38.6 Å². The van der Waals surface area contributed by atoms with Crippen molar-refractivity contribution in [2.75, 3.05) is 26.4 Å². The lowest BCUT2D eigenvalue weighted by Crippen LogP contribution is -2.50. The Balaban J connectivity index is 1.47. The summed E-state index contributed by atoms with van der Waals surface area (Å²) in [4.78, 5) is 22.3. The summed E-state index contributed by atoms with van der Waals surface area (Å²) in [7, 11) is 0. The van der Waals surface area contributed by atoms with Gasteiger partial charge in [0.15, 0.2) is 0 Å². The van der Waals surface area contributed by atoms with Gasteiger partial charge in [0.05, 0.1) is 39.6 Å². The van der Waals surface area contributed by atoms with Gasteiger partial charge in [-0.3, -0.25) is 0 Å². The average molecular weight is 426 g/mol. The van der Waals surface area contributed by atoms with Crippen LogP contribution in [0.3, 0.4) is 0 Å². The maximum absolute atomic E-state index is 11.1. The van der Waals surface area contributed by atoms with E-state index in [-0.39, 0.29) is 51.8 Å². The Kier molecular flexibility index (Phi) is 7.06. The summed E-state index contributed by atoms with van der Waals surface area (Å²) in [5.41, 5.74) is 1.80. The molecule has 2 aliphatic rings. The van der Waals surface area contributed by atoms with Gasteiger partial charge >= 0.3 is 11.9 Å². The summed E-state index contributed by atoms with van der Waals surface area (Å²) in [6, 6.07) is 7.56. The standard InChI is InChI=1S/C20H26O10/c1-19(17(21)22)27-9-15(10-28-19)25-7-13-5-3-4-6-14(13)8-26-16-11-29-20(2,18(23)24)30-12-16/h3-6,15-16H,7-12H2,1-2H3,(H,21,22)(H,23,24). The molecule has 0 radical (unpaired) electrons. The molecule has 1 aromatic rings. The molecular weight excluding hydrogens is 400 g/mol. The Labute approximate surface area is 173 Å². The van der Waals surface area contributed by atoms with Crippen molar-refractivity contribution in [1.29, 1.82) is 0 Å². The van der Waals surface area contributed by atoms with Crippen LogP contribution in [-0.4, -0.2) is 72.4 Å².